The van der Waals surface area contributed by atoms with Crippen LogP contribution in [0.15, 0.2) is 36.4 Å². The maximum absolute atomic E-state index is 9.06. The molecule has 0 saturated carbocycles. The van der Waals surface area contributed by atoms with Gasteiger partial charge in [0.25, 0.3) is 0 Å². The summed E-state index contributed by atoms with van der Waals surface area (Å²) in [5, 5.41) is 9.06. The molecule has 0 aliphatic rings. The van der Waals surface area contributed by atoms with Crippen molar-refractivity contribution in [1.29, 1.82) is 5.26 Å². The quantitative estimate of drug-likeness (QED) is 0.908. The molecular weight excluding hydrogens is 238 g/mol. The Labute approximate surface area is 112 Å². The van der Waals surface area contributed by atoms with Crippen LogP contribution in [0.4, 0.5) is 5.69 Å². The van der Waals surface area contributed by atoms with Gasteiger partial charge in [-0.15, -0.1) is 0 Å². The van der Waals surface area contributed by atoms with E-state index in [1.54, 1.807) is 6.07 Å². The largest absolute Gasteiger partial charge is 0.477 e. The molecule has 0 atom stereocenters. The molecule has 2 N–H and O–H groups in total. The highest BCUT2D eigenvalue weighted by Crippen LogP contribution is 2.23. The molecule has 0 bridgehead atoms. The molecule has 0 spiro atoms. The number of anilines is 1. The number of hydrogen-bond donors (Lipinski definition) is 1. The standard InChI is InChI=1S/C15H15N3O/c1-2-19-15-13(10-16)14(17)9-12(18-15)8-11-6-4-3-5-7-11/h3-7,9H,2,8H2,1H3,(H2,17,18). The average Bonchev–Trinajstić information content (AvgIpc) is 2.40. The molecule has 1 aromatic carbocycles. The van der Waals surface area contributed by atoms with Crippen LogP contribution in [0.3, 0.4) is 0 Å². The lowest BCUT2D eigenvalue weighted by Crippen LogP contribution is -2.04. The topological polar surface area (TPSA) is 71.9 Å². The number of nitrogens with zero attached hydrogens (tertiary/aromatic N) is 2. The minimum Gasteiger partial charge on any atom is -0.477 e. The first-order valence-electron chi connectivity index (χ1n) is 6.10. The van der Waals surface area contributed by atoms with Gasteiger partial charge in [0.15, 0.2) is 0 Å². The van der Waals surface area contributed by atoms with Gasteiger partial charge in [-0.05, 0) is 18.6 Å². The van der Waals surface area contributed by atoms with Gasteiger partial charge < -0.3 is 10.5 Å². The van der Waals surface area contributed by atoms with Crippen LogP contribution in [-0.2, 0) is 6.42 Å². The smallest absolute Gasteiger partial charge is 0.234 e. The Kier molecular flexibility index (Phi) is 3.99. The van der Waals surface area contributed by atoms with E-state index in [0.717, 1.165) is 11.3 Å². The molecule has 2 rings (SSSR count). The summed E-state index contributed by atoms with van der Waals surface area (Å²) in [6, 6.07) is 13.7. The van der Waals surface area contributed by atoms with E-state index in [-0.39, 0.29) is 0 Å². The van der Waals surface area contributed by atoms with E-state index >= 15 is 0 Å². The van der Waals surface area contributed by atoms with Crippen LogP contribution < -0.4 is 10.5 Å². The Bertz CT molecular complexity index is 603. The number of aromatic nitrogens is 1. The summed E-state index contributed by atoms with van der Waals surface area (Å²) >= 11 is 0. The van der Waals surface area contributed by atoms with Gasteiger partial charge in [-0.3, -0.25) is 0 Å². The molecule has 1 aromatic heterocycles. The highest BCUT2D eigenvalue weighted by molar-refractivity contribution is 5.59. The second kappa shape index (κ2) is 5.87. The summed E-state index contributed by atoms with van der Waals surface area (Å²) in [6.07, 6.45) is 0.664. The van der Waals surface area contributed by atoms with Gasteiger partial charge in [0, 0.05) is 6.42 Å². The Balaban J connectivity index is 2.35. The van der Waals surface area contributed by atoms with Crippen molar-refractivity contribution in [2.24, 2.45) is 0 Å². The third-order valence-electron chi connectivity index (χ3n) is 2.69. The fourth-order valence-corrected chi connectivity index (χ4v) is 1.84. The summed E-state index contributed by atoms with van der Waals surface area (Å²) in [5.74, 6) is 0.316. The Morgan fingerprint density at radius 2 is 2.05 bits per heavy atom. The molecule has 0 aliphatic heterocycles. The molecular formula is C15H15N3O. The van der Waals surface area contributed by atoms with Gasteiger partial charge in [0.05, 0.1) is 18.0 Å². The normalized spacial score (nSPS) is 9.89. The van der Waals surface area contributed by atoms with Crippen molar-refractivity contribution in [3.8, 4) is 11.9 Å². The van der Waals surface area contributed by atoms with Crippen LogP contribution in [0.25, 0.3) is 0 Å². The first-order valence-corrected chi connectivity index (χ1v) is 6.10. The van der Waals surface area contributed by atoms with Crippen LogP contribution in [0.1, 0.15) is 23.7 Å². The third kappa shape index (κ3) is 3.02. The van der Waals surface area contributed by atoms with Gasteiger partial charge in [0.2, 0.25) is 5.88 Å². The Morgan fingerprint density at radius 1 is 1.32 bits per heavy atom. The minimum absolute atomic E-state index is 0.304. The van der Waals surface area contributed by atoms with Crippen LogP contribution >= 0.6 is 0 Å². The number of ether oxygens (including phenoxy) is 1. The summed E-state index contributed by atoms with van der Waals surface area (Å²) < 4.78 is 5.37. The first kappa shape index (κ1) is 12.9. The summed E-state index contributed by atoms with van der Waals surface area (Å²) in [7, 11) is 0. The zero-order valence-corrected chi connectivity index (χ0v) is 10.8. The van der Waals surface area contributed by atoms with Gasteiger partial charge >= 0.3 is 0 Å². The van der Waals surface area contributed by atoms with Crippen molar-refractivity contribution >= 4 is 5.69 Å². The highest BCUT2D eigenvalue weighted by Gasteiger charge is 2.11. The molecule has 0 radical (unpaired) electrons. The van der Waals surface area contributed by atoms with E-state index in [1.807, 2.05) is 43.3 Å². The molecule has 1 heterocycles. The van der Waals surface area contributed by atoms with E-state index in [2.05, 4.69) is 4.98 Å². The van der Waals surface area contributed by atoms with Crippen molar-refractivity contribution in [2.45, 2.75) is 13.3 Å². The van der Waals surface area contributed by atoms with Crippen LogP contribution in [0.5, 0.6) is 5.88 Å². The van der Waals surface area contributed by atoms with Gasteiger partial charge in [-0.25, -0.2) is 4.98 Å². The molecule has 0 unspecified atom stereocenters. The minimum atomic E-state index is 0.304. The van der Waals surface area contributed by atoms with Gasteiger partial charge in [-0.1, -0.05) is 30.3 Å². The van der Waals surface area contributed by atoms with E-state index in [9.17, 15) is 0 Å². The maximum Gasteiger partial charge on any atom is 0.234 e. The van der Waals surface area contributed by atoms with E-state index < -0.39 is 0 Å². The fourth-order valence-electron chi connectivity index (χ4n) is 1.84. The second-order valence-electron chi connectivity index (χ2n) is 4.09. The summed E-state index contributed by atoms with van der Waals surface area (Å²) in [5.41, 5.74) is 8.53. The van der Waals surface area contributed by atoms with Crippen molar-refractivity contribution in [1.82, 2.24) is 4.98 Å². The van der Waals surface area contributed by atoms with Crippen molar-refractivity contribution in [3.63, 3.8) is 0 Å². The number of rotatable bonds is 4. The number of benzene rings is 1. The molecule has 19 heavy (non-hydrogen) atoms. The van der Waals surface area contributed by atoms with Gasteiger partial charge in [-0.2, -0.15) is 5.26 Å². The zero-order valence-electron chi connectivity index (χ0n) is 10.8. The van der Waals surface area contributed by atoms with Crippen molar-refractivity contribution in [3.05, 3.63) is 53.2 Å². The molecule has 0 fully saturated rings. The molecule has 96 valence electrons. The van der Waals surface area contributed by atoms with E-state index in [4.69, 9.17) is 15.7 Å². The second-order valence-corrected chi connectivity index (χ2v) is 4.09. The van der Waals surface area contributed by atoms with Crippen LogP contribution in [0, 0.1) is 11.3 Å². The monoisotopic (exact) mass is 253 g/mol. The predicted octanol–water partition coefficient (Wildman–Crippen LogP) is 2.52. The predicted molar refractivity (Wildman–Crippen MR) is 73.8 cm³/mol. The summed E-state index contributed by atoms with van der Waals surface area (Å²) in [6.45, 7) is 2.30. The molecule has 0 saturated heterocycles. The average molecular weight is 253 g/mol. The Morgan fingerprint density at radius 3 is 2.68 bits per heavy atom. The van der Waals surface area contributed by atoms with E-state index in [0.29, 0.717) is 30.2 Å². The van der Waals surface area contributed by atoms with Crippen molar-refractivity contribution in [2.75, 3.05) is 12.3 Å². The molecule has 2 aromatic rings. The van der Waals surface area contributed by atoms with Gasteiger partial charge in [0.1, 0.15) is 11.6 Å². The number of pyridine rings is 1. The number of nitrogen functional groups attached to an aromatic ring is 1. The zero-order chi connectivity index (χ0) is 13.7. The lowest BCUT2D eigenvalue weighted by Gasteiger charge is -2.09. The maximum atomic E-state index is 9.06. The van der Waals surface area contributed by atoms with Crippen LogP contribution in [0.2, 0.25) is 0 Å². The number of hydrogen-bond acceptors (Lipinski definition) is 4. The fraction of sp³-hybridized carbons (Fsp3) is 0.200. The number of nitrogens with two attached hydrogens (primary N) is 1. The molecule has 0 amide bonds. The Hall–Kier alpha value is -2.54. The highest BCUT2D eigenvalue weighted by atomic mass is 16.5. The molecule has 4 heteroatoms. The molecule has 4 nitrogen and oxygen atoms in total. The van der Waals surface area contributed by atoms with Crippen LogP contribution in [-0.4, -0.2) is 11.6 Å². The SMILES string of the molecule is CCOc1nc(Cc2ccccc2)cc(N)c1C#N. The third-order valence-corrected chi connectivity index (χ3v) is 2.69. The lowest BCUT2D eigenvalue weighted by molar-refractivity contribution is 0.325. The van der Waals surface area contributed by atoms with Crippen molar-refractivity contribution < 1.29 is 4.74 Å². The first-order chi connectivity index (χ1) is 9.24. The molecule has 0 aliphatic carbocycles. The summed E-state index contributed by atoms with van der Waals surface area (Å²) in [4.78, 5) is 4.36. The van der Waals surface area contributed by atoms with E-state index in [1.165, 1.54) is 0 Å². The lowest BCUT2D eigenvalue weighted by atomic mass is 10.1. The number of nitriles is 1.